The fraction of sp³-hybridized carbons (Fsp3) is 0.562. The van der Waals surface area contributed by atoms with E-state index >= 15 is 0 Å². The van der Waals surface area contributed by atoms with E-state index in [9.17, 15) is 4.79 Å². The predicted octanol–water partition coefficient (Wildman–Crippen LogP) is 2.94. The summed E-state index contributed by atoms with van der Waals surface area (Å²) in [6, 6.07) is 10.4. The molecular weight excluding hydrogens is 238 g/mol. The molecule has 0 spiro atoms. The minimum atomic E-state index is -0.191. The molecular formula is C16H25NO2. The molecule has 0 heterocycles. The van der Waals surface area contributed by atoms with E-state index in [1.807, 2.05) is 25.1 Å². The summed E-state index contributed by atoms with van der Waals surface area (Å²) in [5.74, 6) is -0.135. The molecule has 0 fully saturated rings. The third-order valence-electron chi connectivity index (χ3n) is 3.02. The van der Waals surface area contributed by atoms with Crippen molar-refractivity contribution in [1.82, 2.24) is 5.32 Å². The van der Waals surface area contributed by atoms with E-state index in [4.69, 9.17) is 4.74 Å². The van der Waals surface area contributed by atoms with Gasteiger partial charge in [0.05, 0.1) is 6.61 Å². The summed E-state index contributed by atoms with van der Waals surface area (Å²) in [4.78, 5) is 11.8. The van der Waals surface area contributed by atoms with Gasteiger partial charge in [-0.2, -0.15) is 0 Å². The minimum Gasteiger partial charge on any atom is -0.465 e. The van der Waals surface area contributed by atoms with Crippen LogP contribution < -0.4 is 5.32 Å². The Morgan fingerprint density at radius 3 is 2.53 bits per heavy atom. The van der Waals surface area contributed by atoms with Crippen molar-refractivity contribution in [1.29, 1.82) is 0 Å². The van der Waals surface area contributed by atoms with Crippen molar-refractivity contribution in [2.45, 2.75) is 52.1 Å². The molecule has 3 heteroatoms. The van der Waals surface area contributed by atoms with Gasteiger partial charge in [-0.25, -0.2) is 0 Å². The van der Waals surface area contributed by atoms with Crippen LogP contribution in [0.15, 0.2) is 30.3 Å². The van der Waals surface area contributed by atoms with Gasteiger partial charge in [0.25, 0.3) is 0 Å². The second-order valence-electron chi connectivity index (χ2n) is 4.85. The number of nitrogens with one attached hydrogen (secondary N) is 1. The maximum absolute atomic E-state index is 11.8. The fourth-order valence-electron chi connectivity index (χ4n) is 2.17. The van der Waals surface area contributed by atoms with E-state index in [2.05, 4.69) is 31.3 Å². The Balaban J connectivity index is 2.51. The van der Waals surface area contributed by atoms with E-state index in [0.717, 1.165) is 19.3 Å². The Morgan fingerprint density at radius 2 is 1.95 bits per heavy atom. The number of carbonyl (C=O) groups is 1. The molecule has 0 saturated carbocycles. The fourth-order valence-corrected chi connectivity index (χ4v) is 2.17. The largest absolute Gasteiger partial charge is 0.465 e. The molecule has 3 nitrogen and oxygen atoms in total. The number of benzene rings is 1. The molecule has 0 aliphatic heterocycles. The molecule has 0 bridgehead atoms. The highest BCUT2D eigenvalue weighted by atomic mass is 16.5. The van der Waals surface area contributed by atoms with Gasteiger partial charge >= 0.3 is 5.97 Å². The summed E-state index contributed by atoms with van der Waals surface area (Å²) in [5, 5.41) is 3.38. The molecule has 0 aromatic heterocycles. The summed E-state index contributed by atoms with van der Waals surface area (Å²) in [6.45, 7) is 6.47. The van der Waals surface area contributed by atoms with E-state index in [1.165, 1.54) is 5.56 Å². The first-order valence-electron chi connectivity index (χ1n) is 7.14. The first-order valence-corrected chi connectivity index (χ1v) is 7.14. The quantitative estimate of drug-likeness (QED) is 0.733. The minimum absolute atomic E-state index is 0.135. The van der Waals surface area contributed by atoms with Gasteiger partial charge < -0.3 is 10.1 Å². The lowest BCUT2D eigenvalue weighted by Gasteiger charge is -2.21. The van der Waals surface area contributed by atoms with Gasteiger partial charge in [0.15, 0.2) is 0 Å². The summed E-state index contributed by atoms with van der Waals surface area (Å²) in [5.41, 5.74) is 1.28. The van der Waals surface area contributed by atoms with Crippen LogP contribution in [0.4, 0.5) is 0 Å². The van der Waals surface area contributed by atoms with E-state index in [0.29, 0.717) is 6.61 Å². The normalized spacial score (nSPS) is 13.8. The summed E-state index contributed by atoms with van der Waals surface area (Å²) in [7, 11) is 0. The summed E-state index contributed by atoms with van der Waals surface area (Å²) < 4.78 is 5.11. The molecule has 0 amide bonds. The number of ether oxygens (including phenoxy) is 1. The van der Waals surface area contributed by atoms with Crippen LogP contribution in [0.2, 0.25) is 0 Å². The molecule has 0 radical (unpaired) electrons. The Morgan fingerprint density at radius 1 is 1.26 bits per heavy atom. The number of hydrogen-bond donors (Lipinski definition) is 1. The summed E-state index contributed by atoms with van der Waals surface area (Å²) in [6.07, 6.45) is 2.70. The van der Waals surface area contributed by atoms with Crippen molar-refractivity contribution >= 4 is 5.97 Å². The second kappa shape index (κ2) is 8.70. The molecule has 0 saturated heterocycles. The van der Waals surface area contributed by atoms with E-state index in [1.54, 1.807) is 0 Å². The van der Waals surface area contributed by atoms with Crippen molar-refractivity contribution in [2.75, 3.05) is 6.61 Å². The SMILES string of the molecule is CCCC(NC(C)Cc1ccccc1)C(=O)OCC. The van der Waals surface area contributed by atoms with Crippen LogP contribution in [0.25, 0.3) is 0 Å². The van der Waals surface area contributed by atoms with Gasteiger partial charge in [-0.05, 0) is 32.3 Å². The highest BCUT2D eigenvalue weighted by molar-refractivity contribution is 5.75. The molecule has 2 unspecified atom stereocenters. The number of rotatable bonds is 8. The summed E-state index contributed by atoms with van der Waals surface area (Å²) >= 11 is 0. The average Bonchev–Trinajstić information content (AvgIpc) is 2.39. The molecule has 0 aliphatic carbocycles. The van der Waals surface area contributed by atoms with Crippen LogP contribution in [-0.2, 0) is 16.0 Å². The van der Waals surface area contributed by atoms with Crippen molar-refractivity contribution in [3.05, 3.63) is 35.9 Å². The Labute approximate surface area is 116 Å². The van der Waals surface area contributed by atoms with Gasteiger partial charge in [-0.15, -0.1) is 0 Å². The van der Waals surface area contributed by atoms with Crippen LogP contribution in [0.3, 0.4) is 0 Å². The van der Waals surface area contributed by atoms with E-state index < -0.39 is 0 Å². The Kier molecular flexibility index (Phi) is 7.19. The highest BCUT2D eigenvalue weighted by Gasteiger charge is 2.20. The first kappa shape index (κ1) is 15.7. The van der Waals surface area contributed by atoms with Gasteiger partial charge in [0.2, 0.25) is 0 Å². The van der Waals surface area contributed by atoms with Gasteiger partial charge in [0.1, 0.15) is 6.04 Å². The Hall–Kier alpha value is -1.35. The standard InChI is InChI=1S/C16H25NO2/c1-4-9-15(16(18)19-5-2)17-13(3)12-14-10-7-6-8-11-14/h6-8,10-11,13,15,17H,4-5,9,12H2,1-3H3. The zero-order valence-electron chi connectivity index (χ0n) is 12.2. The zero-order chi connectivity index (χ0) is 14.1. The average molecular weight is 263 g/mol. The van der Waals surface area contributed by atoms with Gasteiger partial charge in [0, 0.05) is 6.04 Å². The first-order chi connectivity index (χ1) is 9.17. The third-order valence-corrected chi connectivity index (χ3v) is 3.02. The molecule has 2 atom stereocenters. The number of esters is 1. The molecule has 1 rings (SSSR count). The maximum atomic E-state index is 11.8. The molecule has 1 aromatic carbocycles. The van der Waals surface area contributed by atoms with Crippen molar-refractivity contribution in [3.63, 3.8) is 0 Å². The molecule has 106 valence electrons. The predicted molar refractivity (Wildman–Crippen MR) is 78.1 cm³/mol. The highest BCUT2D eigenvalue weighted by Crippen LogP contribution is 2.06. The zero-order valence-corrected chi connectivity index (χ0v) is 12.2. The van der Waals surface area contributed by atoms with Gasteiger partial charge in [-0.3, -0.25) is 4.79 Å². The van der Waals surface area contributed by atoms with Crippen LogP contribution in [0, 0.1) is 0 Å². The van der Waals surface area contributed by atoms with Crippen LogP contribution in [0.5, 0.6) is 0 Å². The Bertz CT molecular complexity index is 364. The van der Waals surface area contributed by atoms with E-state index in [-0.39, 0.29) is 18.1 Å². The molecule has 0 aliphatic rings. The maximum Gasteiger partial charge on any atom is 0.323 e. The van der Waals surface area contributed by atoms with Crippen LogP contribution in [-0.4, -0.2) is 24.7 Å². The van der Waals surface area contributed by atoms with Crippen molar-refractivity contribution in [2.24, 2.45) is 0 Å². The topological polar surface area (TPSA) is 38.3 Å². The monoisotopic (exact) mass is 263 g/mol. The molecule has 1 N–H and O–H groups in total. The number of carbonyl (C=O) groups excluding carboxylic acids is 1. The third kappa shape index (κ3) is 5.88. The second-order valence-corrected chi connectivity index (χ2v) is 4.85. The lowest BCUT2D eigenvalue weighted by molar-refractivity contribution is -0.146. The van der Waals surface area contributed by atoms with Crippen LogP contribution in [0.1, 0.15) is 39.2 Å². The molecule has 19 heavy (non-hydrogen) atoms. The van der Waals surface area contributed by atoms with Crippen LogP contribution >= 0.6 is 0 Å². The molecule has 1 aromatic rings. The van der Waals surface area contributed by atoms with Crippen molar-refractivity contribution in [3.8, 4) is 0 Å². The number of hydrogen-bond acceptors (Lipinski definition) is 3. The van der Waals surface area contributed by atoms with Crippen molar-refractivity contribution < 1.29 is 9.53 Å². The lowest BCUT2D eigenvalue weighted by atomic mass is 10.1. The lowest BCUT2D eigenvalue weighted by Crippen LogP contribution is -2.43. The van der Waals surface area contributed by atoms with Gasteiger partial charge in [-0.1, -0.05) is 43.7 Å². The smallest absolute Gasteiger partial charge is 0.323 e.